The van der Waals surface area contributed by atoms with Gasteiger partial charge in [0.25, 0.3) is 0 Å². The number of carbonyl (C=O) groups excluding carboxylic acids is 2. The fraction of sp³-hybridized carbons (Fsp3) is 0.333. The topological polar surface area (TPSA) is 67.4 Å². The van der Waals surface area contributed by atoms with Crippen LogP contribution in [-0.4, -0.2) is 38.0 Å². The molecule has 0 spiro atoms. The zero-order valence-corrected chi connectivity index (χ0v) is 15.6. The van der Waals surface area contributed by atoms with Gasteiger partial charge in [-0.2, -0.15) is 0 Å². The molecule has 0 radical (unpaired) electrons. The van der Waals surface area contributed by atoms with E-state index in [9.17, 15) is 22.8 Å². The molecule has 0 amide bonds. The minimum absolute atomic E-state index is 0.0339. The van der Waals surface area contributed by atoms with E-state index in [0.29, 0.717) is 6.54 Å². The number of esters is 1. The fourth-order valence-electron chi connectivity index (χ4n) is 4.30. The lowest BCUT2D eigenvalue weighted by molar-refractivity contribution is 0.0595. The van der Waals surface area contributed by atoms with Gasteiger partial charge in [0.05, 0.1) is 24.2 Å². The molecule has 8 heteroatoms. The highest BCUT2D eigenvalue weighted by molar-refractivity contribution is 6.14. The largest absolute Gasteiger partial charge is 0.465 e. The van der Waals surface area contributed by atoms with E-state index in [1.165, 1.54) is 6.07 Å². The highest BCUT2D eigenvalue weighted by Gasteiger charge is 2.44. The lowest BCUT2D eigenvalue weighted by Gasteiger charge is -2.38. The Bertz CT molecular complexity index is 989. The molecule has 2 aromatic carbocycles. The van der Waals surface area contributed by atoms with Gasteiger partial charge in [0.15, 0.2) is 5.78 Å². The Morgan fingerprint density at radius 3 is 2.59 bits per heavy atom. The van der Waals surface area contributed by atoms with Crippen LogP contribution in [0.5, 0.6) is 0 Å². The highest BCUT2D eigenvalue weighted by atomic mass is 19.1. The van der Waals surface area contributed by atoms with Crippen LogP contribution >= 0.6 is 0 Å². The van der Waals surface area contributed by atoms with Crippen LogP contribution in [0.25, 0.3) is 0 Å². The Morgan fingerprint density at radius 2 is 1.93 bits per heavy atom. The third-order valence-corrected chi connectivity index (χ3v) is 5.62. The molecule has 152 valence electrons. The van der Waals surface area contributed by atoms with Crippen molar-refractivity contribution in [2.24, 2.45) is 5.92 Å². The molecule has 0 aliphatic carbocycles. The molecule has 1 saturated heterocycles. The number of anilines is 1. The van der Waals surface area contributed by atoms with Crippen LogP contribution in [0, 0.1) is 23.4 Å². The predicted octanol–water partition coefficient (Wildman–Crippen LogP) is 3.26. The van der Waals surface area contributed by atoms with E-state index >= 15 is 0 Å². The lowest BCUT2D eigenvalue weighted by atomic mass is 9.74. The summed E-state index contributed by atoms with van der Waals surface area (Å²) in [6.07, 6.45) is 0.735. The summed E-state index contributed by atoms with van der Waals surface area (Å²) in [7, 11) is 1.13. The Balaban J connectivity index is 1.89. The summed E-state index contributed by atoms with van der Waals surface area (Å²) in [5, 5.41) is 6.35. The maximum absolute atomic E-state index is 14.6. The van der Waals surface area contributed by atoms with Crippen LogP contribution in [0.4, 0.5) is 18.9 Å². The summed E-state index contributed by atoms with van der Waals surface area (Å²) < 4.78 is 46.9. The number of halogens is 3. The van der Waals surface area contributed by atoms with Gasteiger partial charge in [-0.3, -0.25) is 4.79 Å². The number of ether oxygens (including phenoxy) is 1. The predicted molar refractivity (Wildman–Crippen MR) is 99.6 cm³/mol. The molecule has 2 heterocycles. The number of hydrogen-bond acceptors (Lipinski definition) is 5. The van der Waals surface area contributed by atoms with Gasteiger partial charge in [0.1, 0.15) is 17.5 Å². The number of methoxy groups -OCH3 is 1. The number of Topliss-reactive ketones (excluding diaryl/α,β-unsaturated/α-hetero) is 1. The van der Waals surface area contributed by atoms with Gasteiger partial charge in [-0.25, -0.2) is 18.0 Å². The van der Waals surface area contributed by atoms with Gasteiger partial charge in [-0.05, 0) is 43.6 Å². The van der Waals surface area contributed by atoms with E-state index < -0.39 is 41.2 Å². The third-order valence-electron chi connectivity index (χ3n) is 5.62. The average Bonchev–Trinajstić information content (AvgIpc) is 3.22. The van der Waals surface area contributed by atoms with Crippen molar-refractivity contribution >= 4 is 17.4 Å². The van der Waals surface area contributed by atoms with Gasteiger partial charge < -0.3 is 15.4 Å². The normalized spacial score (nSPS) is 23.4. The zero-order chi connectivity index (χ0) is 20.7. The number of nitrogens with one attached hydrogen (secondary N) is 2. The second-order valence-corrected chi connectivity index (χ2v) is 7.30. The summed E-state index contributed by atoms with van der Waals surface area (Å²) in [4.78, 5) is 25.7. The first kappa shape index (κ1) is 19.4. The minimum Gasteiger partial charge on any atom is -0.465 e. The van der Waals surface area contributed by atoms with E-state index in [4.69, 9.17) is 4.74 Å². The Hall–Kier alpha value is -2.87. The summed E-state index contributed by atoms with van der Waals surface area (Å²) in [6.45, 7) is 1.33. The molecule has 0 saturated carbocycles. The SMILES string of the molecule is COC(=O)c1cc(F)cc2c1C(=O)C(c1ccc(F)cc1F)C(C1CCNC1)N2. The Morgan fingerprint density at radius 1 is 1.14 bits per heavy atom. The van der Waals surface area contributed by atoms with Crippen LogP contribution in [0.2, 0.25) is 0 Å². The highest BCUT2D eigenvalue weighted by Crippen LogP contribution is 2.41. The molecule has 29 heavy (non-hydrogen) atoms. The summed E-state index contributed by atoms with van der Waals surface area (Å²) in [5.74, 6) is -4.71. The van der Waals surface area contributed by atoms with E-state index in [-0.39, 0.29) is 28.3 Å². The van der Waals surface area contributed by atoms with Gasteiger partial charge in [-0.1, -0.05) is 6.07 Å². The second kappa shape index (κ2) is 7.51. The van der Waals surface area contributed by atoms with E-state index in [2.05, 4.69) is 10.6 Å². The zero-order valence-electron chi connectivity index (χ0n) is 15.6. The Labute approximate surface area is 165 Å². The Kier molecular flexibility index (Phi) is 5.04. The van der Waals surface area contributed by atoms with Crippen molar-refractivity contribution in [3.8, 4) is 0 Å². The van der Waals surface area contributed by atoms with Crippen molar-refractivity contribution in [1.29, 1.82) is 0 Å². The van der Waals surface area contributed by atoms with Crippen molar-refractivity contribution in [3.05, 3.63) is 64.5 Å². The first-order chi connectivity index (χ1) is 13.9. The molecular formula is C21H19F3N2O3. The number of hydrogen-bond donors (Lipinski definition) is 2. The van der Waals surface area contributed by atoms with Crippen LogP contribution in [0.1, 0.15) is 38.6 Å². The maximum atomic E-state index is 14.6. The van der Waals surface area contributed by atoms with Crippen LogP contribution in [0.15, 0.2) is 30.3 Å². The van der Waals surface area contributed by atoms with Gasteiger partial charge >= 0.3 is 5.97 Å². The molecule has 2 aliphatic rings. The fourth-order valence-corrected chi connectivity index (χ4v) is 4.30. The standard InChI is InChI=1S/C21H19F3N2O3/c1-29-21(28)14-6-12(23)8-16-17(14)20(27)18(13-3-2-11(22)7-15(13)24)19(26-16)10-4-5-25-9-10/h2-3,6-8,10,18-19,25-26H,4-5,9H2,1H3. The minimum atomic E-state index is -0.998. The summed E-state index contributed by atoms with van der Waals surface area (Å²) >= 11 is 0. The molecule has 5 nitrogen and oxygen atoms in total. The molecule has 4 rings (SSSR count). The number of ketones is 1. The van der Waals surface area contributed by atoms with Crippen molar-refractivity contribution in [2.45, 2.75) is 18.4 Å². The molecule has 3 unspecified atom stereocenters. The van der Waals surface area contributed by atoms with Gasteiger partial charge in [0.2, 0.25) is 0 Å². The maximum Gasteiger partial charge on any atom is 0.338 e. The molecular weight excluding hydrogens is 385 g/mol. The average molecular weight is 404 g/mol. The summed E-state index contributed by atoms with van der Waals surface area (Å²) in [5.41, 5.74) is -0.0673. The van der Waals surface area contributed by atoms with Gasteiger partial charge in [-0.15, -0.1) is 0 Å². The van der Waals surface area contributed by atoms with Crippen LogP contribution in [0.3, 0.4) is 0 Å². The van der Waals surface area contributed by atoms with Gasteiger partial charge in [0, 0.05) is 23.4 Å². The van der Waals surface area contributed by atoms with Crippen LogP contribution < -0.4 is 10.6 Å². The summed E-state index contributed by atoms with van der Waals surface area (Å²) in [6, 6.07) is 4.60. The van der Waals surface area contributed by atoms with Crippen molar-refractivity contribution in [1.82, 2.24) is 5.32 Å². The number of carbonyl (C=O) groups is 2. The molecule has 0 bridgehead atoms. The molecule has 2 aromatic rings. The smallest absolute Gasteiger partial charge is 0.338 e. The molecule has 2 aliphatic heterocycles. The van der Waals surface area contributed by atoms with E-state index in [0.717, 1.165) is 44.3 Å². The van der Waals surface area contributed by atoms with Crippen molar-refractivity contribution < 1.29 is 27.5 Å². The second-order valence-electron chi connectivity index (χ2n) is 7.30. The molecule has 2 N–H and O–H groups in total. The van der Waals surface area contributed by atoms with Crippen molar-refractivity contribution in [2.75, 3.05) is 25.5 Å². The quantitative estimate of drug-likeness (QED) is 0.769. The first-order valence-corrected chi connectivity index (χ1v) is 9.29. The van der Waals surface area contributed by atoms with E-state index in [1.807, 2.05) is 0 Å². The monoisotopic (exact) mass is 404 g/mol. The number of fused-ring (bicyclic) bond motifs is 1. The molecule has 3 atom stereocenters. The van der Waals surface area contributed by atoms with Crippen LogP contribution in [-0.2, 0) is 4.74 Å². The number of benzene rings is 2. The first-order valence-electron chi connectivity index (χ1n) is 9.29. The number of rotatable bonds is 3. The van der Waals surface area contributed by atoms with Crippen molar-refractivity contribution in [3.63, 3.8) is 0 Å². The third kappa shape index (κ3) is 3.37. The van der Waals surface area contributed by atoms with E-state index in [1.54, 1.807) is 0 Å². The molecule has 0 aromatic heterocycles. The molecule has 1 fully saturated rings. The lowest BCUT2D eigenvalue weighted by Crippen LogP contribution is -2.44.